The minimum absolute atomic E-state index is 0.343. The summed E-state index contributed by atoms with van der Waals surface area (Å²) in [6, 6.07) is 7.75. The smallest absolute Gasteiger partial charge is 0.248 e. The van der Waals surface area contributed by atoms with E-state index in [1.165, 1.54) is 6.42 Å². The first-order valence-corrected chi connectivity index (χ1v) is 6.38. The summed E-state index contributed by atoms with van der Waals surface area (Å²) in [6.07, 6.45) is 4.80. The first kappa shape index (κ1) is 12.9. The van der Waals surface area contributed by atoms with Gasteiger partial charge in [0, 0.05) is 24.4 Å². The number of anilines is 1. The standard InChI is InChI=1S/C14H20N2O2/c1-18-13-7-3-6-12(9-13)16-11-5-2-4-10(8-11)14(15)17/h2,4-5,8,12-13,16H,3,6-7,9H2,1H3,(H2,15,17). The molecule has 0 aromatic heterocycles. The molecule has 1 fully saturated rings. The topological polar surface area (TPSA) is 64.3 Å². The molecule has 98 valence electrons. The largest absolute Gasteiger partial charge is 0.382 e. The molecule has 2 atom stereocenters. The van der Waals surface area contributed by atoms with Crippen LogP contribution in [0.5, 0.6) is 0 Å². The number of carbonyl (C=O) groups is 1. The minimum atomic E-state index is -0.392. The molecule has 0 radical (unpaired) electrons. The summed E-state index contributed by atoms with van der Waals surface area (Å²) in [5.41, 5.74) is 6.77. The van der Waals surface area contributed by atoms with E-state index in [1.54, 1.807) is 19.2 Å². The Morgan fingerprint density at radius 2 is 2.28 bits per heavy atom. The summed E-state index contributed by atoms with van der Waals surface area (Å²) < 4.78 is 5.41. The Balaban J connectivity index is 2.00. The normalized spacial score (nSPS) is 23.6. The molecule has 1 aliphatic carbocycles. The molecule has 1 amide bonds. The molecule has 18 heavy (non-hydrogen) atoms. The fourth-order valence-corrected chi connectivity index (χ4v) is 2.49. The van der Waals surface area contributed by atoms with Gasteiger partial charge in [0.2, 0.25) is 5.91 Å². The van der Waals surface area contributed by atoms with E-state index in [4.69, 9.17) is 10.5 Å². The highest BCUT2D eigenvalue weighted by Gasteiger charge is 2.21. The molecule has 0 spiro atoms. The van der Waals surface area contributed by atoms with Crippen LogP contribution in [0.4, 0.5) is 5.69 Å². The zero-order valence-electron chi connectivity index (χ0n) is 10.7. The van der Waals surface area contributed by atoms with Crippen LogP contribution in [0.25, 0.3) is 0 Å². The van der Waals surface area contributed by atoms with Crippen LogP contribution in [-0.4, -0.2) is 25.2 Å². The van der Waals surface area contributed by atoms with Crippen molar-refractivity contribution in [3.8, 4) is 0 Å². The van der Waals surface area contributed by atoms with Crippen molar-refractivity contribution in [2.24, 2.45) is 5.73 Å². The van der Waals surface area contributed by atoms with Gasteiger partial charge in [-0.05, 0) is 43.9 Å². The summed E-state index contributed by atoms with van der Waals surface area (Å²) in [5.74, 6) is -0.392. The van der Waals surface area contributed by atoms with Crippen molar-refractivity contribution in [1.29, 1.82) is 0 Å². The summed E-state index contributed by atoms with van der Waals surface area (Å²) in [6.45, 7) is 0. The van der Waals surface area contributed by atoms with Crippen LogP contribution in [0.1, 0.15) is 36.0 Å². The maximum absolute atomic E-state index is 11.1. The molecule has 1 saturated carbocycles. The molecule has 1 aromatic rings. The van der Waals surface area contributed by atoms with Gasteiger partial charge in [0.05, 0.1) is 6.10 Å². The highest BCUT2D eigenvalue weighted by molar-refractivity contribution is 5.93. The number of benzene rings is 1. The molecule has 2 rings (SSSR count). The first-order chi connectivity index (χ1) is 8.69. The molecule has 0 saturated heterocycles. The number of ether oxygens (including phenoxy) is 1. The lowest BCUT2D eigenvalue weighted by atomic mass is 9.92. The van der Waals surface area contributed by atoms with E-state index < -0.39 is 5.91 Å². The van der Waals surface area contributed by atoms with Crippen molar-refractivity contribution in [3.63, 3.8) is 0 Å². The highest BCUT2D eigenvalue weighted by Crippen LogP contribution is 2.24. The van der Waals surface area contributed by atoms with Crippen LogP contribution in [0.15, 0.2) is 24.3 Å². The second kappa shape index (κ2) is 5.87. The third-order valence-corrected chi connectivity index (χ3v) is 3.48. The van der Waals surface area contributed by atoms with Crippen molar-refractivity contribution in [1.82, 2.24) is 0 Å². The molecule has 0 heterocycles. The fourth-order valence-electron chi connectivity index (χ4n) is 2.49. The zero-order valence-corrected chi connectivity index (χ0v) is 10.7. The summed E-state index contributed by atoms with van der Waals surface area (Å²) in [5, 5.41) is 3.45. The quantitative estimate of drug-likeness (QED) is 0.858. The Morgan fingerprint density at radius 3 is 3.00 bits per heavy atom. The van der Waals surface area contributed by atoms with Gasteiger partial charge in [-0.2, -0.15) is 0 Å². The maximum atomic E-state index is 11.1. The van der Waals surface area contributed by atoms with Gasteiger partial charge in [-0.3, -0.25) is 4.79 Å². The molecular formula is C14H20N2O2. The predicted octanol–water partition coefficient (Wildman–Crippen LogP) is 2.16. The molecule has 0 bridgehead atoms. The lowest BCUT2D eigenvalue weighted by Gasteiger charge is -2.29. The zero-order chi connectivity index (χ0) is 13.0. The van der Waals surface area contributed by atoms with E-state index in [9.17, 15) is 4.79 Å². The molecule has 1 aromatic carbocycles. The van der Waals surface area contributed by atoms with Crippen LogP contribution >= 0.6 is 0 Å². The Morgan fingerprint density at radius 1 is 1.44 bits per heavy atom. The van der Waals surface area contributed by atoms with Gasteiger partial charge in [0.25, 0.3) is 0 Å². The average Bonchev–Trinajstić information content (AvgIpc) is 2.39. The van der Waals surface area contributed by atoms with Crippen molar-refractivity contribution >= 4 is 11.6 Å². The number of rotatable bonds is 4. The lowest BCUT2D eigenvalue weighted by molar-refractivity contribution is 0.0669. The predicted molar refractivity (Wildman–Crippen MR) is 71.6 cm³/mol. The Hall–Kier alpha value is -1.55. The van der Waals surface area contributed by atoms with E-state index in [0.29, 0.717) is 17.7 Å². The molecule has 4 heteroatoms. The van der Waals surface area contributed by atoms with Crippen molar-refractivity contribution < 1.29 is 9.53 Å². The highest BCUT2D eigenvalue weighted by atomic mass is 16.5. The summed E-state index contributed by atoms with van der Waals surface area (Å²) in [7, 11) is 1.76. The number of primary amides is 1. The van der Waals surface area contributed by atoms with Crippen molar-refractivity contribution in [3.05, 3.63) is 29.8 Å². The molecule has 1 aliphatic rings. The monoisotopic (exact) mass is 248 g/mol. The first-order valence-electron chi connectivity index (χ1n) is 6.38. The number of nitrogens with two attached hydrogens (primary N) is 1. The SMILES string of the molecule is COC1CCCC(Nc2cccc(C(N)=O)c2)C1. The second-order valence-electron chi connectivity index (χ2n) is 4.81. The summed E-state index contributed by atoms with van der Waals surface area (Å²) in [4.78, 5) is 11.1. The van der Waals surface area contributed by atoms with Gasteiger partial charge < -0.3 is 15.8 Å². The molecule has 3 N–H and O–H groups in total. The molecule has 4 nitrogen and oxygen atoms in total. The third-order valence-electron chi connectivity index (χ3n) is 3.48. The van der Waals surface area contributed by atoms with Gasteiger partial charge in [0.15, 0.2) is 0 Å². The van der Waals surface area contributed by atoms with E-state index in [-0.39, 0.29) is 0 Å². The average molecular weight is 248 g/mol. The van der Waals surface area contributed by atoms with Gasteiger partial charge in [0.1, 0.15) is 0 Å². The Kier molecular flexibility index (Phi) is 4.20. The maximum Gasteiger partial charge on any atom is 0.248 e. The van der Waals surface area contributed by atoms with Gasteiger partial charge in [-0.1, -0.05) is 6.07 Å². The lowest BCUT2D eigenvalue weighted by Crippen LogP contribution is -2.31. The third kappa shape index (κ3) is 3.23. The fraction of sp³-hybridized carbons (Fsp3) is 0.500. The van der Waals surface area contributed by atoms with Crippen LogP contribution in [0.3, 0.4) is 0 Å². The van der Waals surface area contributed by atoms with Gasteiger partial charge in [-0.25, -0.2) is 0 Å². The van der Waals surface area contributed by atoms with Crippen LogP contribution in [0.2, 0.25) is 0 Å². The van der Waals surface area contributed by atoms with Gasteiger partial charge in [-0.15, -0.1) is 0 Å². The Labute approximate surface area is 108 Å². The molecule has 2 unspecified atom stereocenters. The number of carbonyl (C=O) groups excluding carboxylic acids is 1. The number of methoxy groups -OCH3 is 1. The van der Waals surface area contributed by atoms with E-state index in [1.807, 2.05) is 12.1 Å². The van der Waals surface area contributed by atoms with E-state index in [2.05, 4.69) is 5.32 Å². The number of nitrogens with one attached hydrogen (secondary N) is 1. The van der Waals surface area contributed by atoms with Crippen molar-refractivity contribution in [2.75, 3.05) is 12.4 Å². The van der Waals surface area contributed by atoms with Gasteiger partial charge >= 0.3 is 0 Å². The summed E-state index contributed by atoms with van der Waals surface area (Å²) >= 11 is 0. The van der Waals surface area contributed by atoms with Crippen molar-refractivity contribution in [2.45, 2.75) is 37.8 Å². The van der Waals surface area contributed by atoms with Crippen LogP contribution in [0, 0.1) is 0 Å². The molecule has 0 aliphatic heterocycles. The number of hydrogen-bond acceptors (Lipinski definition) is 3. The Bertz CT molecular complexity index is 420. The number of amides is 1. The van der Waals surface area contributed by atoms with Crippen LogP contribution in [-0.2, 0) is 4.74 Å². The molecular weight excluding hydrogens is 228 g/mol. The number of hydrogen-bond donors (Lipinski definition) is 2. The van der Waals surface area contributed by atoms with Crippen LogP contribution < -0.4 is 11.1 Å². The second-order valence-corrected chi connectivity index (χ2v) is 4.81. The van der Waals surface area contributed by atoms with E-state index in [0.717, 1.165) is 24.9 Å². The minimum Gasteiger partial charge on any atom is -0.382 e. The van der Waals surface area contributed by atoms with E-state index >= 15 is 0 Å².